The van der Waals surface area contributed by atoms with Crippen LogP contribution < -0.4 is 5.32 Å². The van der Waals surface area contributed by atoms with Gasteiger partial charge in [0, 0.05) is 29.4 Å². The Labute approximate surface area is 159 Å². The van der Waals surface area contributed by atoms with E-state index in [4.69, 9.17) is 16.6 Å². The number of hydrogen-bond acceptors (Lipinski definition) is 5. The molecular weight excluding hydrogens is 364 g/mol. The van der Waals surface area contributed by atoms with Crippen LogP contribution in [0.2, 0.25) is 0 Å². The molecule has 3 heterocycles. The molecule has 126 valence electrons. The highest BCUT2D eigenvalue weighted by molar-refractivity contribution is 8.26. The van der Waals surface area contributed by atoms with Crippen molar-refractivity contribution in [2.24, 2.45) is 0 Å². The Morgan fingerprint density at radius 2 is 2.04 bits per heavy atom. The second-order valence-corrected chi connectivity index (χ2v) is 7.39. The summed E-state index contributed by atoms with van der Waals surface area (Å²) in [6, 6.07) is 9.78. The predicted molar refractivity (Wildman–Crippen MR) is 107 cm³/mol. The van der Waals surface area contributed by atoms with Gasteiger partial charge in [0.05, 0.1) is 10.5 Å². The molecule has 1 N–H and O–H groups in total. The first-order valence-corrected chi connectivity index (χ1v) is 9.03. The third-order valence-electron chi connectivity index (χ3n) is 3.83. The van der Waals surface area contributed by atoms with Gasteiger partial charge in [-0.05, 0) is 24.6 Å². The number of aryl methyl sites for hydroxylation is 1. The molecule has 4 nitrogen and oxygen atoms in total. The number of nitrogens with zero attached hydrogens (tertiary/aromatic N) is 1. The van der Waals surface area contributed by atoms with Gasteiger partial charge in [0.25, 0.3) is 5.91 Å². The second-order valence-electron chi connectivity index (χ2n) is 5.67. The van der Waals surface area contributed by atoms with Gasteiger partial charge in [-0.2, -0.15) is 0 Å². The van der Waals surface area contributed by atoms with Crippen molar-refractivity contribution in [3.63, 3.8) is 0 Å². The minimum Gasteiger partial charge on any atom is -0.455 e. The van der Waals surface area contributed by atoms with Gasteiger partial charge >= 0.3 is 0 Å². The Morgan fingerprint density at radius 3 is 2.81 bits per heavy atom. The maximum atomic E-state index is 11.8. The molecule has 0 aliphatic carbocycles. The summed E-state index contributed by atoms with van der Waals surface area (Å²) in [5.74, 6) is 6.66. The van der Waals surface area contributed by atoms with Crippen LogP contribution >= 0.6 is 24.0 Å². The van der Waals surface area contributed by atoms with Crippen LogP contribution in [0.15, 0.2) is 52.0 Å². The van der Waals surface area contributed by atoms with Crippen LogP contribution in [0.3, 0.4) is 0 Å². The smallest absolute Gasteiger partial charge is 0.263 e. The van der Waals surface area contributed by atoms with Crippen molar-refractivity contribution in [3.05, 3.63) is 70.1 Å². The normalized spacial score (nSPS) is 15.2. The summed E-state index contributed by atoms with van der Waals surface area (Å²) in [6.45, 7) is 2.02. The lowest BCUT2D eigenvalue weighted by Gasteiger charge is -1.95. The van der Waals surface area contributed by atoms with E-state index in [9.17, 15) is 4.79 Å². The molecular formula is C20H12N2O2S2. The molecule has 1 aliphatic heterocycles. The van der Waals surface area contributed by atoms with Gasteiger partial charge in [-0.3, -0.25) is 9.78 Å². The molecule has 1 amide bonds. The van der Waals surface area contributed by atoms with Gasteiger partial charge in [0.2, 0.25) is 0 Å². The zero-order chi connectivity index (χ0) is 18.1. The van der Waals surface area contributed by atoms with E-state index in [0.29, 0.717) is 26.1 Å². The van der Waals surface area contributed by atoms with Crippen molar-refractivity contribution in [1.82, 2.24) is 10.3 Å². The molecule has 3 aromatic rings. The number of amides is 1. The average Bonchev–Trinajstić information content (AvgIpc) is 3.17. The Balaban J connectivity index is 1.73. The van der Waals surface area contributed by atoms with E-state index >= 15 is 0 Å². The summed E-state index contributed by atoms with van der Waals surface area (Å²) in [7, 11) is 0. The molecule has 1 aromatic carbocycles. The van der Waals surface area contributed by atoms with Gasteiger partial charge in [-0.25, -0.2) is 0 Å². The van der Waals surface area contributed by atoms with E-state index in [1.54, 1.807) is 18.5 Å². The molecule has 0 atom stereocenters. The van der Waals surface area contributed by atoms with Crippen LogP contribution in [-0.2, 0) is 4.79 Å². The number of thiocarbonyl (C=S) groups is 1. The van der Waals surface area contributed by atoms with Crippen LogP contribution in [0.25, 0.3) is 17.0 Å². The number of nitrogens with one attached hydrogen (secondary N) is 1. The molecule has 0 saturated carbocycles. The lowest BCUT2D eigenvalue weighted by Crippen LogP contribution is -2.17. The number of carbonyl (C=O) groups is 1. The Bertz CT molecular complexity index is 1150. The second kappa shape index (κ2) is 6.79. The number of pyridine rings is 1. The summed E-state index contributed by atoms with van der Waals surface area (Å²) >= 11 is 6.22. The van der Waals surface area contributed by atoms with Crippen molar-refractivity contribution in [2.45, 2.75) is 6.92 Å². The highest BCUT2D eigenvalue weighted by Gasteiger charge is 2.22. The molecule has 2 aromatic heterocycles. The lowest BCUT2D eigenvalue weighted by atomic mass is 10.1. The van der Waals surface area contributed by atoms with Gasteiger partial charge in [-0.1, -0.05) is 54.0 Å². The molecule has 4 rings (SSSR count). The van der Waals surface area contributed by atoms with Crippen molar-refractivity contribution in [2.75, 3.05) is 0 Å². The first-order chi connectivity index (χ1) is 12.6. The van der Waals surface area contributed by atoms with Crippen molar-refractivity contribution in [1.29, 1.82) is 0 Å². The molecule has 1 fully saturated rings. The number of fused-ring (bicyclic) bond motifs is 1. The van der Waals surface area contributed by atoms with E-state index < -0.39 is 0 Å². The highest BCUT2D eigenvalue weighted by atomic mass is 32.2. The third-order valence-corrected chi connectivity index (χ3v) is 5.00. The Kier molecular flexibility index (Phi) is 4.33. The minimum atomic E-state index is -0.210. The maximum absolute atomic E-state index is 11.8. The van der Waals surface area contributed by atoms with Gasteiger partial charge in [0.1, 0.15) is 10.1 Å². The standard InChI is InChI=1S/C20H12N2O2S2/c1-12-4-2-3-5-13(12)6-7-14-10-21-11-15-8-16(24-18(14)15)9-17-19(23)22-20(25)26-17/h2-5,8-11H,1H3,(H,22,23,25)/b17-9-. The molecule has 0 bridgehead atoms. The molecule has 0 radical (unpaired) electrons. The first kappa shape index (κ1) is 16.6. The van der Waals surface area contributed by atoms with E-state index in [0.717, 1.165) is 16.5 Å². The number of aromatic nitrogens is 1. The largest absolute Gasteiger partial charge is 0.455 e. The maximum Gasteiger partial charge on any atom is 0.263 e. The summed E-state index contributed by atoms with van der Waals surface area (Å²) in [5.41, 5.74) is 3.43. The topological polar surface area (TPSA) is 55.1 Å². The first-order valence-electron chi connectivity index (χ1n) is 7.80. The molecule has 1 saturated heterocycles. The van der Waals surface area contributed by atoms with Gasteiger partial charge in [-0.15, -0.1) is 0 Å². The molecule has 0 spiro atoms. The number of benzene rings is 1. The highest BCUT2D eigenvalue weighted by Crippen LogP contribution is 2.29. The number of thioether (sulfide) groups is 1. The third kappa shape index (κ3) is 3.27. The quantitative estimate of drug-likeness (QED) is 0.395. The van der Waals surface area contributed by atoms with Crippen molar-refractivity contribution < 1.29 is 9.21 Å². The van der Waals surface area contributed by atoms with E-state index in [1.807, 2.05) is 37.3 Å². The lowest BCUT2D eigenvalue weighted by molar-refractivity contribution is -0.115. The summed E-state index contributed by atoms with van der Waals surface area (Å²) in [6.07, 6.45) is 5.07. The molecule has 6 heteroatoms. The number of hydrogen-bond donors (Lipinski definition) is 1. The molecule has 0 unspecified atom stereocenters. The monoisotopic (exact) mass is 376 g/mol. The van der Waals surface area contributed by atoms with Crippen LogP contribution in [0.4, 0.5) is 0 Å². The van der Waals surface area contributed by atoms with E-state index in [-0.39, 0.29) is 5.91 Å². The average molecular weight is 376 g/mol. The van der Waals surface area contributed by atoms with Crippen molar-refractivity contribution >= 4 is 51.3 Å². The Hall–Kier alpha value is -2.88. The van der Waals surface area contributed by atoms with Gasteiger partial charge < -0.3 is 9.73 Å². The summed E-state index contributed by atoms with van der Waals surface area (Å²) in [4.78, 5) is 16.5. The molecule has 1 aliphatic rings. The zero-order valence-corrected chi connectivity index (χ0v) is 15.3. The SMILES string of the molecule is Cc1ccccc1C#Cc1cncc2cc(/C=C3\SC(=S)NC3=O)oc12. The summed E-state index contributed by atoms with van der Waals surface area (Å²) < 4.78 is 6.36. The van der Waals surface area contributed by atoms with Crippen LogP contribution in [0.5, 0.6) is 0 Å². The van der Waals surface area contributed by atoms with Crippen LogP contribution in [-0.4, -0.2) is 15.2 Å². The number of carbonyl (C=O) groups excluding carboxylic acids is 1. The molecule has 26 heavy (non-hydrogen) atoms. The van der Waals surface area contributed by atoms with Crippen LogP contribution in [0.1, 0.15) is 22.5 Å². The fraction of sp³-hybridized carbons (Fsp3) is 0.0500. The zero-order valence-electron chi connectivity index (χ0n) is 13.7. The fourth-order valence-electron chi connectivity index (χ4n) is 2.54. The van der Waals surface area contributed by atoms with E-state index in [2.05, 4.69) is 22.1 Å². The van der Waals surface area contributed by atoms with E-state index in [1.165, 1.54) is 11.8 Å². The number of furan rings is 1. The minimum absolute atomic E-state index is 0.210. The van der Waals surface area contributed by atoms with Gasteiger partial charge in [0.15, 0.2) is 5.58 Å². The predicted octanol–water partition coefficient (Wildman–Crippen LogP) is 4.02. The van der Waals surface area contributed by atoms with Crippen molar-refractivity contribution in [3.8, 4) is 11.8 Å². The van der Waals surface area contributed by atoms with Crippen LogP contribution in [0, 0.1) is 18.8 Å². The summed E-state index contributed by atoms with van der Waals surface area (Å²) in [5, 5.41) is 3.42. The fourth-order valence-corrected chi connectivity index (χ4v) is 3.56. The number of rotatable bonds is 1. The Morgan fingerprint density at radius 1 is 1.23 bits per heavy atom.